The summed E-state index contributed by atoms with van der Waals surface area (Å²) < 4.78 is 1.88. The number of nitrogens with one attached hydrogen (secondary N) is 1. The average molecular weight is 326 g/mol. The van der Waals surface area contributed by atoms with Crippen molar-refractivity contribution in [1.82, 2.24) is 14.8 Å². The highest BCUT2D eigenvalue weighted by Gasteiger charge is 2.41. The molecule has 0 amide bonds. The highest BCUT2D eigenvalue weighted by molar-refractivity contribution is 7.98. The second kappa shape index (κ2) is 5.53. The number of ketones is 1. The van der Waals surface area contributed by atoms with Crippen molar-refractivity contribution in [2.75, 3.05) is 11.6 Å². The van der Waals surface area contributed by atoms with E-state index < -0.39 is 0 Å². The van der Waals surface area contributed by atoms with Gasteiger partial charge >= 0.3 is 0 Å². The van der Waals surface area contributed by atoms with Crippen LogP contribution >= 0.6 is 11.8 Å². The van der Waals surface area contributed by atoms with Crippen LogP contribution in [0.25, 0.3) is 0 Å². The van der Waals surface area contributed by atoms with E-state index in [4.69, 9.17) is 0 Å². The molecule has 0 radical (unpaired) electrons. The lowest BCUT2D eigenvalue weighted by Crippen LogP contribution is -2.38. The molecule has 6 heteroatoms. The molecular weight excluding hydrogens is 308 g/mol. The maximum absolute atomic E-state index is 12.6. The Morgan fingerprint density at radius 3 is 2.83 bits per heavy atom. The largest absolute Gasteiger partial charge is 0.328 e. The number of anilines is 1. The average Bonchev–Trinajstić information content (AvgIpc) is 2.97. The molecule has 2 aromatic rings. The normalized spacial score (nSPS) is 22.9. The summed E-state index contributed by atoms with van der Waals surface area (Å²) in [6, 6.07) is 8.23. The van der Waals surface area contributed by atoms with Gasteiger partial charge in [0, 0.05) is 12.1 Å². The molecule has 0 fully saturated rings. The van der Waals surface area contributed by atoms with E-state index in [1.807, 2.05) is 10.9 Å². The van der Waals surface area contributed by atoms with Gasteiger partial charge in [-0.25, -0.2) is 4.68 Å². The summed E-state index contributed by atoms with van der Waals surface area (Å²) in [7, 11) is 0. The van der Waals surface area contributed by atoms with Crippen molar-refractivity contribution in [2.45, 2.75) is 31.0 Å². The van der Waals surface area contributed by atoms with Gasteiger partial charge in [-0.05, 0) is 25.2 Å². The van der Waals surface area contributed by atoms with Gasteiger partial charge in [0.15, 0.2) is 0 Å². The van der Waals surface area contributed by atoms with Crippen LogP contribution in [0.2, 0.25) is 0 Å². The van der Waals surface area contributed by atoms with Gasteiger partial charge in [0.2, 0.25) is 11.1 Å². The van der Waals surface area contributed by atoms with Crippen molar-refractivity contribution in [1.29, 1.82) is 0 Å². The minimum atomic E-state index is -0.199. The lowest BCUT2D eigenvalue weighted by Gasteiger charge is -2.36. The lowest BCUT2D eigenvalue weighted by atomic mass is 9.81. The molecule has 0 saturated carbocycles. The predicted molar refractivity (Wildman–Crippen MR) is 90.6 cm³/mol. The van der Waals surface area contributed by atoms with E-state index in [9.17, 15) is 4.79 Å². The quantitative estimate of drug-likeness (QED) is 0.859. The van der Waals surface area contributed by atoms with Crippen LogP contribution in [-0.4, -0.2) is 26.8 Å². The molecule has 2 heterocycles. The molecule has 0 saturated heterocycles. The highest BCUT2D eigenvalue weighted by atomic mass is 32.2. The number of carbonyl (C=O) groups excluding carboxylic acids is 1. The lowest BCUT2D eigenvalue weighted by molar-refractivity contribution is -0.123. The maximum atomic E-state index is 12.6. The van der Waals surface area contributed by atoms with E-state index in [-0.39, 0.29) is 17.7 Å². The number of Topliss-reactive ketones (excluding diaryl/α,β-unsaturated/α-hetero) is 1. The summed E-state index contributed by atoms with van der Waals surface area (Å²) in [6.45, 7) is 2.07. The van der Waals surface area contributed by atoms with Crippen LogP contribution in [0, 0.1) is 12.8 Å². The number of aromatic nitrogens is 3. The first-order valence-corrected chi connectivity index (χ1v) is 8.97. The van der Waals surface area contributed by atoms with Crippen molar-refractivity contribution < 1.29 is 4.79 Å². The third-order valence-electron chi connectivity index (χ3n) is 4.49. The first-order valence-electron chi connectivity index (χ1n) is 7.74. The molecule has 1 aliphatic heterocycles. The number of allylic oxidation sites excluding steroid dienone is 2. The molecular formula is C17H18N4OS. The van der Waals surface area contributed by atoms with E-state index in [1.54, 1.807) is 0 Å². The van der Waals surface area contributed by atoms with Gasteiger partial charge in [-0.3, -0.25) is 4.79 Å². The molecule has 1 aromatic carbocycles. The highest BCUT2D eigenvalue weighted by Crippen LogP contribution is 2.41. The standard InChI is InChI=1S/C17H18N4OS/c1-10-6-8-11(9-7-10)15-14-12(4-3-5-13(14)22)18-16-19-17(23-2)20-21(15)16/h4,6-9,14-15H,3,5H2,1-2H3,(H,18,19,20)/t14-,15-/m0/s1. The Morgan fingerprint density at radius 1 is 1.30 bits per heavy atom. The van der Waals surface area contributed by atoms with E-state index in [0.717, 1.165) is 28.8 Å². The molecule has 4 rings (SSSR count). The summed E-state index contributed by atoms with van der Waals surface area (Å²) in [6.07, 6.45) is 5.48. The van der Waals surface area contributed by atoms with Crippen molar-refractivity contribution in [3.63, 3.8) is 0 Å². The number of thioether (sulfide) groups is 1. The zero-order chi connectivity index (χ0) is 16.0. The molecule has 0 bridgehead atoms. The Balaban J connectivity index is 1.89. The van der Waals surface area contributed by atoms with Gasteiger partial charge in [0.25, 0.3) is 0 Å². The van der Waals surface area contributed by atoms with Crippen molar-refractivity contribution >= 4 is 23.5 Å². The summed E-state index contributed by atoms with van der Waals surface area (Å²) in [4.78, 5) is 17.1. The van der Waals surface area contributed by atoms with Crippen LogP contribution in [0.5, 0.6) is 0 Å². The van der Waals surface area contributed by atoms with Gasteiger partial charge in [-0.15, -0.1) is 5.10 Å². The minimum absolute atomic E-state index is 0.126. The van der Waals surface area contributed by atoms with Gasteiger partial charge in [0.1, 0.15) is 5.78 Å². The van der Waals surface area contributed by atoms with Crippen LogP contribution < -0.4 is 5.32 Å². The monoisotopic (exact) mass is 326 g/mol. The molecule has 0 unspecified atom stereocenters. The number of benzene rings is 1. The Hall–Kier alpha value is -2.08. The third kappa shape index (κ3) is 2.37. The Bertz CT molecular complexity index is 793. The van der Waals surface area contributed by atoms with Crippen molar-refractivity contribution in [2.24, 2.45) is 5.92 Å². The number of fused-ring (bicyclic) bond motifs is 2. The van der Waals surface area contributed by atoms with Gasteiger partial charge in [0.05, 0.1) is 12.0 Å². The fraction of sp³-hybridized carbons (Fsp3) is 0.353. The molecule has 2 aliphatic rings. The topological polar surface area (TPSA) is 59.8 Å². The number of carbonyl (C=O) groups is 1. The zero-order valence-electron chi connectivity index (χ0n) is 13.1. The Kier molecular flexibility index (Phi) is 3.49. The van der Waals surface area contributed by atoms with Crippen LogP contribution in [0.15, 0.2) is 41.2 Å². The second-order valence-electron chi connectivity index (χ2n) is 5.99. The number of hydrogen-bond acceptors (Lipinski definition) is 5. The van der Waals surface area contributed by atoms with Crippen molar-refractivity contribution in [3.05, 3.63) is 47.2 Å². The summed E-state index contributed by atoms with van der Waals surface area (Å²) >= 11 is 1.51. The molecule has 118 valence electrons. The van der Waals surface area contributed by atoms with Gasteiger partial charge in [-0.2, -0.15) is 4.98 Å². The number of rotatable bonds is 2. The van der Waals surface area contributed by atoms with E-state index in [0.29, 0.717) is 6.42 Å². The van der Waals surface area contributed by atoms with Gasteiger partial charge in [-0.1, -0.05) is 47.7 Å². The van der Waals surface area contributed by atoms with E-state index in [2.05, 4.69) is 52.7 Å². The Morgan fingerprint density at radius 2 is 2.09 bits per heavy atom. The third-order valence-corrected chi connectivity index (χ3v) is 5.02. The zero-order valence-corrected chi connectivity index (χ0v) is 13.9. The van der Waals surface area contributed by atoms with Crippen LogP contribution in [0.3, 0.4) is 0 Å². The minimum Gasteiger partial charge on any atom is -0.328 e. The summed E-state index contributed by atoms with van der Waals surface area (Å²) in [5.74, 6) is 0.792. The molecule has 1 N–H and O–H groups in total. The molecule has 1 aromatic heterocycles. The van der Waals surface area contributed by atoms with E-state index in [1.165, 1.54) is 17.3 Å². The fourth-order valence-corrected chi connectivity index (χ4v) is 3.69. The van der Waals surface area contributed by atoms with Crippen LogP contribution in [-0.2, 0) is 4.79 Å². The van der Waals surface area contributed by atoms with Crippen LogP contribution in [0.1, 0.15) is 30.0 Å². The van der Waals surface area contributed by atoms with E-state index >= 15 is 0 Å². The fourth-order valence-electron chi connectivity index (χ4n) is 3.34. The first-order chi connectivity index (χ1) is 11.2. The number of nitrogens with zero attached hydrogens (tertiary/aromatic N) is 3. The maximum Gasteiger partial charge on any atom is 0.227 e. The predicted octanol–water partition coefficient (Wildman–Crippen LogP) is 3.19. The molecule has 0 spiro atoms. The molecule has 5 nitrogen and oxygen atoms in total. The number of hydrogen-bond donors (Lipinski definition) is 1. The SMILES string of the molecule is CSc1nc2n(n1)[C@@H](c1ccc(C)cc1)[C@@H]1C(=O)CCC=C1N2. The summed E-state index contributed by atoms with van der Waals surface area (Å²) in [5.41, 5.74) is 3.28. The summed E-state index contributed by atoms with van der Waals surface area (Å²) in [5, 5.41) is 8.63. The smallest absolute Gasteiger partial charge is 0.227 e. The van der Waals surface area contributed by atoms with Crippen LogP contribution in [0.4, 0.5) is 5.95 Å². The van der Waals surface area contributed by atoms with Gasteiger partial charge < -0.3 is 5.32 Å². The second-order valence-corrected chi connectivity index (χ2v) is 6.76. The molecule has 2 atom stereocenters. The number of aryl methyl sites for hydroxylation is 1. The van der Waals surface area contributed by atoms with Crippen molar-refractivity contribution in [3.8, 4) is 0 Å². The first kappa shape index (κ1) is 14.5. The Labute approximate surface area is 139 Å². The molecule has 1 aliphatic carbocycles. The molecule has 23 heavy (non-hydrogen) atoms.